The summed E-state index contributed by atoms with van der Waals surface area (Å²) in [4.78, 5) is 24.7. The molecule has 0 aliphatic heterocycles. The van der Waals surface area contributed by atoms with Crippen molar-refractivity contribution in [1.82, 2.24) is 0 Å². The van der Waals surface area contributed by atoms with E-state index in [0.717, 1.165) is 0 Å². The van der Waals surface area contributed by atoms with Crippen molar-refractivity contribution >= 4 is 17.3 Å². The average Bonchev–Trinajstić information content (AvgIpc) is 2.11. The van der Waals surface area contributed by atoms with Crippen LogP contribution in [0.1, 0.15) is 33.6 Å². The van der Waals surface area contributed by atoms with Crippen LogP contribution in [-0.2, 0) is 9.59 Å². The summed E-state index contributed by atoms with van der Waals surface area (Å²) in [7, 11) is 0. The normalized spacial score (nSPS) is 11.6. The van der Waals surface area contributed by atoms with E-state index in [1.54, 1.807) is 6.92 Å². The Bertz CT molecular complexity index is 265. The number of hydrogen-bond donors (Lipinski definition) is 0. The third-order valence-electron chi connectivity index (χ3n) is 2.05. The minimum atomic E-state index is -0.212. The zero-order chi connectivity index (χ0) is 10.4. The van der Waals surface area contributed by atoms with Crippen LogP contribution in [0, 0.1) is 5.92 Å². The molecule has 13 heavy (non-hydrogen) atoms. The highest BCUT2D eigenvalue weighted by Gasteiger charge is 2.16. The van der Waals surface area contributed by atoms with Crippen LogP contribution < -0.4 is 0 Å². The summed E-state index contributed by atoms with van der Waals surface area (Å²) in [6, 6.07) is 0. The standard InChI is InChI=1S/C9H14N2O2/c1-6(8(3)12)4-5-9(13)7(2)11-10/h6H,4-5H2,1-3H3. The van der Waals surface area contributed by atoms with Crippen LogP contribution in [0.5, 0.6) is 0 Å². The minimum Gasteiger partial charge on any atom is -0.361 e. The Morgan fingerprint density at radius 3 is 2.31 bits per heavy atom. The Balaban J connectivity index is 3.97. The topological polar surface area (TPSA) is 70.5 Å². The highest BCUT2D eigenvalue weighted by molar-refractivity contribution is 6.36. The Labute approximate surface area is 77.6 Å². The largest absolute Gasteiger partial charge is 0.361 e. The molecule has 0 aromatic heterocycles. The van der Waals surface area contributed by atoms with Gasteiger partial charge in [-0.3, -0.25) is 9.59 Å². The lowest BCUT2D eigenvalue weighted by molar-refractivity contribution is -0.121. The number of nitrogens with zero attached hydrogens (tertiary/aromatic N) is 2. The molecule has 0 aliphatic carbocycles. The predicted octanol–water partition coefficient (Wildman–Crippen LogP) is 1.25. The third kappa shape index (κ3) is 4.33. The summed E-state index contributed by atoms with van der Waals surface area (Å²) in [6.07, 6.45) is 0.775. The number of rotatable bonds is 5. The van der Waals surface area contributed by atoms with Gasteiger partial charge in [-0.1, -0.05) is 6.92 Å². The summed E-state index contributed by atoms with van der Waals surface area (Å²) in [6.45, 7) is 4.73. The van der Waals surface area contributed by atoms with E-state index in [1.807, 2.05) is 0 Å². The van der Waals surface area contributed by atoms with Crippen LogP contribution in [0.2, 0.25) is 0 Å². The molecule has 0 radical (unpaired) electrons. The number of carbonyl (C=O) groups excluding carboxylic acids is 2. The molecule has 0 rings (SSSR count). The molecule has 0 fully saturated rings. The van der Waals surface area contributed by atoms with E-state index < -0.39 is 0 Å². The third-order valence-corrected chi connectivity index (χ3v) is 2.05. The smallest absolute Gasteiger partial charge is 0.331 e. The van der Waals surface area contributed by atoms with Gasteiger partial charge in [0.25, 0.3) is 0 Å². The zero-order valence-electron chi connectivity index (χ0n) is 8.20. The van der Waals surface area contributed by atoms with Gasteiger partial charge in [0.15, 0.2) is 0 Å². The van der Waals surface area contributed by atoms with Crippen molar-refractivity contribution in [3.8, 4) is 0 Å². The van der Waals surface area contributed by atoms with E-state index in [4.69, 9.17) is 5.53 Å². The molecule has 1 atom stereocenters. The Morgan fingerprint density at radius 1 is 1.38 bits per heavy atom. The molecule has 72 valence electrons. The summed E-state index contributed by atoms with van der Waals surface area (Å²) in [5, 5.41) is 0. The quantitative estimate of drug-likeness (QED) is 0.364. The van der Waals surface area contributed by atoms with Crippen LogP contribution >= 0.6 is 0 Å². The van der Waals surface area contributed by atoms with Crippen molar-refractivity contribution < 1.29 is 14.4 Å². The molecule has 0 saturated heterocycles. The van der Waals surface area contributed by atoms with Crippen molar-refractivity contribution in [2.45, 2.75) is 33.6 Å². The first kappa shape index (κ1) is 11.7. The first-order chi connectivity index (χ1) is 5.99. The molecule has 0 amide bonds. The molecule has 0 N–H and O–H groups in total. The fraction of sp³-hybridized carbons (Fsp3) is 0.667. The van der Waals surface area contributed by atoms with Crippen molar-refractivity contribution in [1.29, 1.82) is 0 Å². The van der Waals surface area contributed by atoms with E-state index in [2.05, 4.69) is 4.79 Å². The summed E-state index contributed by atoms with van der Waals surface area (Å²) < 4.78 is 0. The second-order valence-electron chi connectivity index (χ2n) is 3.16. The van der Waals surface area contributed by atoms with Gasteiger partial charge >= 0.3 is 5.71 Å². The van der Waals surface area contributed by atoms with Crippen molar-refractivity contribution in [2.75, 3.05) is 0 Å². The van der Waals surface area contributed by atoms with Gasteiger partial charge in [0.05, 0.1) is 0 Å². The van der Waals surface area contributed by atoms with Gasteiger partial charge in [0.1, 0.15) is 5.78 Å². The molecule has 0 aromatic rings. The monoisotopic (exact) mass is 182 g/mol. The van der Waals surface area contributed by atoms with E-state index in [-0.39, 0.29) is 29.6 Å². The van der Waals surface area contributed by atoms with Gasteiger partial charge in [-0.2, -0.15) is 4.79 Å². The summed E-state index contributed by atoms with van der Waals surface area (Å²) >= 11 is 0. The highest BCUT2D eigenvalue weighted by atomic mass is 16.1. The van der Waals surface area contributed by atoms with Crippen molar-refractivity contribution in [3.05, 3.63) is 5.53 Å². The molecule has 0 saturated carbocycles. The Morgan fingerprint density at radius 2 is 1.92 bits per heavy atom. The van der Waals surface area contributed by atoms with E-state index in [0.29, 0.717) is 6.42 Å². The molecule has 1 unspecified atom stereocenters. The lowest BCUT2D eigenvalue weighted by Gasteiger charge is -2.03. The SMILES string of the molecule is CC(=O)C(C)CCC(=O)C(C)=[N+]=[N-]. The fourth-order valence-corrected chi connectivity index (χ4v) is 0.788. The second-order valence-corrected chi connectivity index (χ2v) is 3.16. The second kappa shape index (κ2) is 5.38. The maximum absolute atomic E-state index is 11.1. The average molecular weight is 182 g/mol. The molecule has 4 heteroatoms. The van der Waals surface area contributed by atoms with Crippen LogP contribution in [0.4, 0.5) is 0 Å². The van der Waals surface area contributed by atoms with Gasteiger partial charge in [0.2, 0.25) is 5.78 Å². The molecule has 0 aromatic carbocycles. The molecule has 4 nitrogen and oxygen atoms in total. The number of carbonyl (C=O) groups is 2. The van der Waals surface area contributed by atoms with Crippen molar-refractivity contribution in [2.24, 2.45) is 5.92 Å². The van der Waals surface area contributed by atoms with Gasteiger partial charge < -0.3 is 5.53 Å². The maximum atomic E-state index is 11.1. The van der Waals surface area contributed by atoms with Crippen LogP contribution in [0.3, 0.4) is 0 Å². The van der Waals surface area contributed by atoms with Gasteiger partial charge in [-0.15, -0.1) is 0 Å². The highest BCUT2D eigenvalue weighted by Crippen LogP contribution is 2.06. The molecule has 0 spiro atoms. The lowest BCUT2D eigenvalue weighted by Crippen LogP contribution is -2.14. The Kier molecular flexibility index (Phi) is 4.85. The Hall–Kier alpha value is -1.28. The number of hydrogen-bond acceptors (Lipinski definition) is 2. The van der Waals surface area contributed by atoms with Gasteiger partial charge in [-0.05, 0) is 13.3 Å². The fourth-order valence-electron chi connectivity index (χ4n) is 0.788. The van der Waals surface area contributed by atoms with Gasteiger partial charge in [0, 0.05) is 19.3 Å². The molecule has 0 aliphatic rings. The first-order valence-electron chi connectivity index (χ1n) is 4.21. The summed E-state index contributed by atoms with van der Waals surface area (Å²) in [5.74, 6) is -0.238. The van der Waals surface area contributed by atoms with Crippen LogP contribution in [-0.4, -0.2) is 22.1 Å². The van der Waals surface area contributed by atoms with E-state index >= 15 is 0 Å². The molecular formula is C9H14N2O2. The van der Waals surface area contributed by atoms with Crippen LogP contribution in [0.25, 0.3) is 5.53 Å². The summed E-state index contributed by atoms with van der Waals surface area (Å²) in [5.41, 5.74) is 8.37. The van der Waals surface area contributed by atoms with Gasteiger partial charge in [-0.25, -0.2) is 0 Å². The molecule has 0 heterocycles. The number of Topliss-reactive ketones (excluding diaryl/α,β-unsaturated/α-hetero) is 2. The maximum Gasteiger partial charge on any atom is 0.331 e. The van der Waals surface area contributed by atoms with Crippen LogP contribution in [0.15, 0.2) is 0 Å². The molecule has 0 bridgehead atoms. The minimum absolute atomic E-state index is 0.0754. The molecular weight excluding hydrogens is 168 g/mol. The predicted molar refractivity (Wildman–Crippen MR) is 48.4 cm³/mol. The van der Waals surface area contributed by atoms with E-state index in [9.17, 15) is 9.59 Å². The zero-order valence-corrected chi connectivity index (χ0v) is 8.20. The number of ketones is 2. The van der Waals surface area contributed by atoms with E-state index in [1.165, 1.54) is 13.8 Å². The van der Waals surface area contributed by atoms with Crippen molar-refractivity contribution in [3.63, 3.8) is 0 Å². The first-order valence-corrected chi connectivity index (χ1v) is 4.21. The lowest BCUT2D eigenvalue weighted by atomic mass is 9.99.